The molecule has 0 atom stereocenters. The maximum absolute atomic E-state index is 5.59. The molecule has 5 heteroatoms. The first-order valence-electron chi connectivity index (χ1n) is 8.40. The molecule has 2 rings (SSSR count). The van der Waals surface area contributed by atoms with Crippen molar-refractivity contribution in [2.45, 2.75) is 13.0 Å². The molecule has 0 bridgehead atoms. The van der Waals surface area contributed by atoms with Crippen molar-refractivity contribution in [3.8, 4) is 5.75 Å². The van der Waals surface area contributed by atoms with E-state index in [1.807, 2.05) is 30.5 Å². The number of nitrogens with zero attached hydrogens (tertiary/aromatic N) is 3. The lowest BCUT2D eigenvalue weighted by atomic mass is 10.2. The SMILES string of the molecule is COc1ccc(CN(CCN(C)CCCN)c2ccccn2)cc1. The molecule has 24 heavy (non-hydrogen) atoms. The van der Waals surface area contributed by atoms with Crippen molar-refractivity contribution in [3.63, 3.8) is 0 Å². The van der Waals surface area contributed by atoms with Crippen LogP contribution in [0.1, 0.15) is 12.0 Å². The van der Waals surface area contributed by atoms with E-state index in [1.54, 1.807) is 7.11 Å². The molecule has 0 aliphatic rings. The molecule has 0 aliphatic heterocycles. The standard InChI is InChI=1S/C19H28N4O/c1-22(13-5-11-20)14-15-23(19-6-3-4-12-21-19)16-17-7-9-18(24-2)10-8-17/h3-4,6-10,12H,5,11,13-16,20H2,1-2H3. The Balaban J connectivity index is 2.02. The van der Waals surface area contributed by atoms with Crippen molar-refractivity contribution >= 4 is 5.82 Å². The van der Waals surface area contributed by atoms with Crippen LogP contribution in [0.15, 0.2) is 48.7 Å². The van der Waals surface area contributed by atoms with Gasteiger partial charge in [-0.2, -0.15) is 0 Å². The summed E-state index contributed by atoms with van der Waals surface area (Å²) < 4.78 is 5.23. The van der Waals surface area contributed by atoms with Crippen LogP contribution in [0.4, 0.5) is 5.82 Å². The summed E-state index contributed by atoms with van der Waals surface area (Å²) in [6.07, 6.45) is 2.87. The number of rotatable bonds is 10. The number of likely N-dealkylation sites (N-methyl/N-ethyl adjacent to an activating group) is 1. The van der Waals surface area contributed by atoms with Gasteiger partial charge in [-0.05, 0) is 56.4 Å². The Bertz CT molecular complexity index is 574. The molecule has 2 aromatic rings. The van der Waals surface area contributed by atoms with Crippen molar-refractivity contribution in [2.75, 3.05) is 45.2 Å². The maximum Gasteiger partial charge on any atom is 0.128 e. The summed E-state index contributed by atoms with van der Waals surface area (Å²) in [6, 6.07) is 14.2. The van der Waals surface area contributed by atoms with Crippen molar-refractivity contribution < 1.29 is 4.74 Å². The van der Waals surface area contributed by atoms with E-state index in [2.05, 4.69) is 40.0 Å². The number of pyridine rings is 1. The number of aromatic nitrogens is 1. The molecule has 0 fully saturated rings. The van der Waals surface area contributed by atoms with E-state index in [-0.39, 0.29) is 0 Å². The summed E-state index contributed by atoms with van der Waals surface area (Å²) in [4.78, 5) is 9.13. The number of ether oxygens (including phenoxy) is 1. The van der Waals surface area contributed by atoms with E-state index in [1.165, 1.54) is 5.56 Å². The van der Waals surface area contributed by atoms with Gasteiger partial charge in [0.25, 0.3) is 0 Å². The Labute approximate surface area is 145 Å². The second-order valence-electron chi connectivity index (χ2n) is 5.90. The molecule has 0 radical (unpaired) electrons. The van der Waals surface area contributed by atoms with Crippen molar-refractivity contribution in [3.05, 3.63) is 54.2 Å². The van der Waals surface area contributed by atoms with E-state index >= 15 is 0 Å². The largest absolute Gasteiger partial charge is 0.497 e. The van der Waals surface area contributed by atoms with Crippen LogP contribution in [0.25, 0.3) is 0 Å². The van der Waals surface area contributed by atoms with E-state index in [4.69, 9.17) is 10.5 Å². The zero-order valence-electron chi connectivity index (χ0n) is 14.7. The Morgan fingerprint density at radius 2 is 1.83 bits per heavy atom. The second kappa shape index (κ2) is 9.90. The second-order valence-corrected chi connectivity index (χ2v) is 5.90. The van der Waals surface area contributed by atoms with E-state index in [0.29, 0.717) is 0 Å². The number of hydrogen-bond acceptors (Lipinski definition) is 5. The van der Waals surface area contributed by atoms with Gasteiger partial charge in [0, 0.05) is 25.8 Å². The van der Waals surface area contributed by atoms with Gasteiger partial charge in [-0.15, -0.1) is 0 Å². The molecular weight excluding hydrogens is 300 g/mol. The van der Waals surface area contributed by atoms with E-state index in [0.717, 1.165) is 50.7 Å². The Morgan fingerprint density at radius 3 is 2.46 bits per heavy atom. The van der Waals surface area contributed by atoms with E-state index in [9.17, 15) is 0 Å². The fourth-order valence-corrected chi connectivity index (χ4v) is 2.53. The zero-order chi connectivity index (χ0) is 17.2. The van der Waals surface area contributed by atoms with Crippen LogP contribution in [-0.2, 0) is 6.54 Å². The van der Waals surface area contributed by atoms with Gasteiger partial charge in [0.05, 0.1) is 7.11 Å². The van der Waals surface area contributed by atoms with Gasteiger partial charge in [-0.1, -0.05) is 18.2 Å². The van der Waals surface area contributed by atoms with Gasteiger partial charge in [0.2, 0.25) is 0 Å². The molecule has 0 spiro atoms. The third-order valence-electron chi connectivity index (χ3n) is 4.00. The maximum atomic E-state index is 5.59. The summed E-state index contributed by atoms with van der Waals surface area (Å²) in [5.74, 6) is 1.88. The number of nitrogens with two attached hydrogens (primary N) is 1. The quantitative estimate of drug-likeness (QED) is 0.726. The van der Waals surface area contributed by atoms with Gasteiger partial charge < -0.3 is 20.3 Å². The first-order chi connectivity index (χ1) is 11.7. The van der Waals surface area contributed by atoms with Crippen LogP contribution in [-0.4, -0.2) is 50.2 Å². The third-order valence-corrected chi connectivity index (χ3v) is 4.00. The molecule has 0 saturated heterocycles. The number of anilines is 1. The summed E-state index contributed by atoms with van der Waals surface area (Å²) in [7, 11) is 3.83. The van der Waals surface area contributed by atoms with Crippen LogP contribution in [0.3, 0.4) is 0 Å². The first kappa shape index (κ1) is 18.2. The van der Waals surface area contributed by atoms with Crippen molar-refractivity contribution in [2.24, 2.45) is 5.73 Å². The lowest BCUT2D eigenvalue weighted by molar-refractivity contribution is 0.336. The van der Waals surface area contributed by atoms with Crippen LogP contribution in [0.5, 0.6) is 5.75 Å². The predicted molar refractivity (Wildman–Crippen MR) is 99.4 cm³/mol. The minimum absolute atomic E-state index is 0.736. The van der Waals surface area contributed by atoms with Gasteiger partial charge in [0.1, 0.15) is 11.6 Å². The number of hydrogen-bond donors (Lipinski definition) is 1. The molecule has 1 aromatic carbocycles. The highest BCUT2D eigenvalue weighted by Gasteiger charge is 2.10. The van der Waals surface area contributed by atoms with Gasteiger partial charge >= 0.3 is 0 Å². The normalized spacial score (nSPS) is 10.8. The summed E-state index contributed by atoms with van der Waals surface area (Å²) in [5, 5.41) is 0. The Kier molecular flexibility index (Phi) is 7.52. The van der Waals surface area contributed by atoms with Gasteiger partial charge in [-0.3, -0.25) is 0 Å². The topological polar surface area (TPSA) is 54.6 Å². The fraction of sp³-hybridized carbons (Fsp3) is 0.421. The highest BCUT2D eigenvalue weighted by Crippen LogP contribution is 2.17. The van der Waals surface area contributed by atoms with Crippen LogP contribution >= 0.6 is 0 Å². The molecule has 0 aliphatic carbocycles. The third kappa shape index (κ3) is 5.83. The molecule has 0 saturated carbocycles. The molecule has 5 nitrogen and oxygen atoms in total. The average molecular weight is 328 g/mol. The lowest BCUT2D eigenvalue weighted by Gasteiger charge is -2.26. The highest BCUT2D eigenvalue weighted by atomic mass is 16.5. The Hall–Kier alpha value is -2.11. The smallest absolute Gasteiger partial charge is 0.128 e. The molecule has 0 amide bonds. The first-order valence-corrected chi connectivity index (χ1v) is 8.40. The zero-order valence-corrected chi connectivity index (χ0v) is 14.7. The van der Waals surface area contributed by atoms with Gasteiger partial charge in [-0.25, -0.2) is 4.98 Å². The van der Waals surface area contributed by atoms with Crippen LogP contribution in [0.2, 0.25) is 0 Å². The minimum atomic E-state index is 0.736. The molecule has 2 N–H and O–H groups in total. The van der Waals surface area contributed by atoms with Crippen LogP contribution in [0, 0.1) is 0 Å². The monoisotopic (exact) mass is 328 g/mol. The number of benzene rings is 1. The molecule has 0 unspecified atom stereocenters. The van der Waals surface area contributed by atoms with E-state index < -0.39 is 0 Å². The minimum Gasteiger partial charge on any atom is -0.497 e. The highest BCUT2D eigenvalue weighted by molar-refractivity contribution is 5.39. The average Bonchev–Trinajstić information content (AvgIpc) is 2.64. The number of methoxy groups -OCH3 is 1. The predicted octanol–water partition coefficient (Wildman–Crippen LogP) is 2.38. The van der Waals surface area contributed by atoms with Gasteiger partial charge in [0.15, 0.2) is 0 Å². The summed E-state index contributed by atoms with van der Waals surface area (Å²) in [5.41, 5.74) is 6.83. The molecule has 1 aromatic heterocycles. The summed E-state index contributed by atoms with van der Waals surface area (Å²) in [6.45, 7) is 4.48. The molecular formula is C19H28N4O. The fourth-order valence-electron chi connectivity index (χ4n) is 2.53. The Morgan fingerprint density at radius 1 is 1.04 bits per heavy atom. The van der Waals surface area contributed by atoms with Crippen LogP contribution < -0.4 is 15.4 Å². The molecule has 1 heterocycles. The van der Waals surface area contributed by atoms with Crippen molar-refractivity contribution in [1.82, 2.24) is 9.88 Å². The molecule has 130 valence electrons. The lowest BCUT2D eigenvalue weighted by Crippen LogP contribution is -2.34. The summed E-state index contributed by atoms with van der Waals surface area (Å²) >= 11 is 0. The van der Waals surface area contributed by atoms with Crippen molar-refractivity contribution in [1.29, 1.82) is 0 Å².